The number of carbonyl (C=O) groups is 1. The largest absolute Gasteiger partial charge is 0.375 e. The molecule has 6 nitrogen and oxygen atoms in total. The molecule has 2 amide bonds. The molecule has 2 aliphatic rings. The minimum Gasteiger partial charge on any atom is -0.375 e. The number of ether oxygens (including phenoxy) is 1. The molecule has 0 bridgehead atoms. The summed E-state index contributed by atoms with van der Waals surface area (Å²) in [5.41, 5.74) is 0. The van der Waals surface area contributed by atoms with Crippen LogP contribution in [0.1, 0.15) is 6.42 Å². The van der Waals surface area contributed by atoms with Crippen LogP contribution in [0.3, 0.4) is 0 Å². The smallest absolute Gasteiger partial charge is 0.323 e. The van der Waals surface area contributed by atoms with Gasteiger partial charge in [-0.3, -0.25) is 10.2 Å². The number of nitrogens with zero attached hydrogens (tertiary/aromatic N) is 3. The zero-order valence-electron chi connectivity index (χ0n) is 12.3. The summed E-state index contributed by atoms with van der Waals surface area (Å²) in [6.07, 6.45) is 2.48. The average molecular weight is 345 g/mol. The zero-order chi connectivity index (χ0) is 15.7. The zero-order valence-corrected chi connectivity index (χ0v) is 13.8. The van der Waals surface area contributed by atoms with Crippen LogP contribution in [0, 0.1) is 0 Å². The minimum absolute atomic E-state index is 0.177. The summed E-state index contributed by atoms with van der Waals surface area (Å²) in [5, 5.41) is 3.49. The van der Waals surface area contributed by atoms with E-state index in [2.05, 4.69) is 22.2 Å². The standard InChI is InChI=1S/C14H18Cl2N4O2/c1-19-4-5-22-12-2-3-20(8-11(12)19)14(21)18-13-6-9(15)10(16)7-17-13/h6-7,11-12H,2-5,8H2,1H3,(H,17,18,21)/t11-,12-/m0/s1. The van der Waals surface area contributed by atoms with Gasteiger partial charge in [0.1, 0.15) is 5.82 Å². The van der Waals surface area contributed by atoms with E-state index in [9.17, 15) is 4.79 Å². The molecule has 120 valence electrons. The van der Waals surface area contributed by atoms with Gasteiger partial charge in [-0.25, -0.2) is 9.78 Å². The number of halogens is 2. The Bertz CT molecular complexity index is 572. The molecule has 0 aromatic carbocycles. The normalized spacial score (nSPS) is 25.7. The van der Waals surface area contributed by atoms with Gasteiger partial charge in [-0.05, 0) is 13.5 Å². The number of fused-ring (bicyclic) bond motifs is 1. The van der Waals surface area contributed by atoms with Crippen LogP contribution < -0.4 is 5.32 Å². The highest BCUT2D eigenvalue weighted by Gasteiger charge is 2.36. The van der Waals surface area contributed by atoms with Crippen molar-refractivity contribution < 1.29 is 9.53 Å². The number of aromatic nitrogens is 1. The topological polar surface area (TPSA) is 57.7 Å². The number of anilines is 1. The van der Waals surface area contributed by atoms with Crippen LogP contribution >= 0.6 is 23.2 Å². The van der Waals surface area contributed by atoms with E-state index >= 15 is 0 Å². The molecule has 3 rings (SSSR count). The number of pyridine rings is 1. The summed E-state index contributed by atoms with van der Waals surface area (Å²) in [5.74, 6) is 0.398. The van der Waals surface area contributed by atoms with Gasteiger partial charge in [-0.2, -0.15) is 0 Å². The molecule has 2 atom stereocenters. The molecule has 0 spiro atoms. The van der Waals surface area contributed by atoms with Crippen molar-refractivity contribution in [1.29, 1.82) is 0 Å². The van der Waals surface area contributed by atoms with Gasteiger partial charge >= 0.3 is 6.03 Å². The van der Waals surface area contributed by atoms with Gasteiger partial charge in [0.2, 0.25) is 0 Å². The van der Waals surface area contributed by atoms with E-state index in [1.807, 2.05) is 0 Å². The highest BCUT2D eigenvalue weighted by molar-refractivity contribution is 6.42. The van der Waals surface area contributed by atoms with Crippen LogP contribution in [0.25, 0.3) is 0 Å². The third-order valence-corrected chi connectivity index (χ3v) is 4.90. The predicted octanol–water partition coefficient (Wildman–Crippen LogP) is 2.33. The number of likely N-dealkylation sites (tertiary alicyclic amines) is 1. The highest BCUT2D eigenvalue weighted by Crippen LogP contribution is 2.24. The number of hydrogen-bond donors (Lipinski definition) is 1. The van der Waals surface area contributed by atoms with Crippen LogP contribution in [0.15, 0.2) is 12.3 Å². The fraction of sp³-hybridized carbons (Fsp3) is 0.571. The Morgan fingerprint density at radius 3 is 3.00 bits per heavy atom. The molecule has 8 heteroatoms. The summed E-state index contributed by atoms with van der Waals surface area (Å²) >= 11 is 11.8. The van der Waals surface area contributed by atoms with E-state index in [1.165, 1.54) is 6.20 Å². The summed E-state index contributed by atoms with van der Waals surface area (Å²) < 4.78 is 5.78. The number of amides is 2. The van der Waals surface area contributed by atoms with Crippen LogP contribution in [-0.4, -0.2) is 66.2 Å². The second-order valence-corrected chi connectivity index (χ2v) is 6.42. The molecule has 2 saturated heterocycles. The van der Waals surface area contributed by atoms with Crippen molar-refractivity contribution in [2.24, 2.45) is 0 Å². The van der Waals surface area contributed by atoms with Crippen LogP contribution in [-0.2, 0) is 4.74 Å². The van der Waals surface area contributed by atoms with Gasteiger partial charge in [0.15, 0.2) is 0 Å². The SMILES string of the molecule is CN1CCO[C@H]2CCN(C(=O)Nc3cc(Cl)c(Cl)cn3)C[C@@H]21. The molecule has 0 saturated carbocycles. The van der Waals surface area contributed by atoms with Crippen LogP contribution in [0.4, 0.5) is 10.6 Å². The Balaban J connectivity index is 1.64. The molecular formula is C14H18Cl2N4O2. The van der Waals surface area contributed by atoms with Crippen LogP contribution in [0.5, 0.6) is 0 Å². The molecule has 1 aromatic heterocycles. The number of likely N-dealkylation sites (N-methyl/N-ethyl adjacent to an activating group) is 1. The Morgan fingerprint density at radius 1 is 1.41 bits per heavy atom. The van der Waals surface area contributed by atoms with Crippen molar-refractivity contribution in [3.63, 3.8) is 0 Å². The first-order valence-electron chi connectivity index (χ1n) is 7.23. The third-order valence-electron chi connectivity index (χ3n) is 4.19. The molecular weight excluding hydrogens is 327 g/mol. The number of hydrogen-bond acceptors (Lipinski definition) is 4. The van der Waals surface area contributed by atoms with E-state index < -0.39 is 0 Å². The van der Waals surface area contributed by atoms with Gasteiger partial charge < -0.3 is 9.64 Å². The molecule has 1 aromatic rings. The summed E-state index contributed by atoms with van der Waals surface area (Å²) in [6.45, 7) is 2.97. The second-order valence-electron chi connectivity index (χ2n) is 5.61. The van der Waals surface area contributed by atoms with Gasteiger partial charge in [0, 0.05) is 31.9 Å². The number of piperidine rings is 1. The minimum atomic E-state index is -0.177. The lowest BCUT2D eigenvalue weighted by atomic mass is 9.99. The predicted molar refractivity (Wildman–Crippen MR) is 85.6 cm³/mol. The van der Waals surface area contributed by atoms with Crippen molar-refractivity contribution >= 4 is 35.1 Å². The Kier molecular flexibility index (Phi) is 4.73. The van der Waals surface area contributed by atoms with Gasteiger partial charge in [-0.15, -0.1) is 0 Å². The monoisotopic (exact) mass is 344 g/mol. The molecule has 2 aliphatic heterocycles. The summed E-state index contributed by atoms with van der Waals surface area (Å²) in [7, 11) is 2.07. The number of urea groups is 1. The molecule has 22 heavy (non-hydrogen) atoms. The number of morpholine rings is 1. The molecule has 2 fully saturated rings. The lowest BCUT2D eigenvalue weighted by Crippen LogP contribution is -2.60. The summed E-state index contributed by atoms with van der Waals surface area (Å²) in [6, 6.07) is 1.61. The maximum Gasteiger partial charge on any atom is 0.323 e. The number of nitrogens with one attached hydrogen (secondary N) is 1. The van der Waals surface area contributed by atoms with Crippen molar-refractivity contribution in [2.45, 2.75) is 18.6 Å². The molecule has 0 unspecified atom stereocenters. The Morgan fingerprint density at radius 2 is 2.23 bits per heavy atom. The number of carbonyl (C=O) groups excluding carboxylic acids is 1. The molecule has 0 radical (unpaired) electrons. The van der Waals surface area contributed by atoms with Gasteiger partial charge in [0.25, 0.3) is 0 Å². The number of rotatable bonds is 1. The van der Waals surface area contributed by atoms with Crippen molar-refractivity contribution in [3.8, 4) is 0 Å². The Labute approximate surface area is 139 Å². The van der Waals surface area contributed by atoms with E-state index in [0.29, 0.717) is 29.0 Å². The van der Waals surface area contributed by atoms with Crippen molar-refractivity contribution in [1.82, 2.24) is 14.8 Å². The molecule has 1 N–H and O–H groups in total. The second kappa shape index (κ2) is 6.58. The maximum atomic E-state index is 12.4. The van der Waals surface area contributed by atoms with Gasteiger partial charge in [0.05, 0.1) is 28.8 Å². The van der Waals surface area contributed by atoms with E-state index in [4.69, 9.17) is 27.9 Å². The first-order chi connectivity index (χ1) is 10.5. The van der Waals surface area contributed by atoms with Gasteiger partial charge in [-0.1, -0.05) is 23.2 Å². The average Bonchev–Trinajstić information content (AvgIpc) is 2.51. The summed E-state index contributed by atoms with van der Waals surface area (Å²) in [4.78, 5) is 20.5. The highest BCUT2D eigenvalue weighted by atomic mass is 35.5. The maximum absolute atomic E-state index is 12.4. The lowest BCUT2D eigenvalue weighted by molar-refractivity contribution is -0.0875. The van der Waals surface area contributed by atoms with E-state index in [0.717, 1.165) is 19.6 Å². The first kappa shape index (κ1) is 15.8. The third kappa shape index (κ3) is 3.30. The lowest BCUT2D eigenvalue weighted by Gasteiger charge is -2.45. The fourth-order valence-corrected chi connectivity index (χ4v) is 3.15. The fourth-order valence-electron chi connectivity index (χ4n) is 2.90. The van der Waals surface area contributed by atoms with Crippen molar-refractivity contribution in [3.05, 3.63) is 22.3 Å². The van der Waals surface area contributed by atoms with E-state index in [1.54, 1.807) is 11.0 Å². The molecule has 3 heterocycles. The quantitative estimate of drug-likeness (QED) is 0.849. The van der Waals surface area contributed by atoms with Crippen LogP contribution in [0.2, 0.25) is 10.0 Å². The molecule has 0 aliphatic carbocycles. The Hall–Kier alpha value is -1.08. The first-order valence-corrected chi connectivity index (χ1v) is 7.99. The van der Waals surface area contributed by atoms with Crippen molar-refractivity contribution in [2.75, 3.05) is 38.6 Å². The van der Waals surface area contributed by atoms with E-state index in [-0.39, 0.29) is 18.2 Å².